The molecule has 4 nitrogen and oxygen atoms in total. The van der Waals surface area contributed by atoms with Crippen LogP contribution in [0.3, 0.4) is 0 Å². The normalized spacial score (nSPS) is 12.7. The lowest BCUT2D eigenvalue weighted by Gasteiger charge is -2.07. The summed E-state index contributed by atoms with van der Waals surface area (Å²) in [6, 6.07) is 0. The lowest BCUT2D eigenvalue weighted by atomic mass is 9.97. The van der Waals surface area contributed by atoms with E-state index < -0.39 is 0 Å². The van der Waals surface area contributed by atoms with Crippen LogP contribution >= 0.6 is 0 Å². The molecule has 0 aromatic carbocycles. The Balaban J connectivity index is 2.59. The lowest BCUT2D eigenvalue weighted by molar-refractivity contribution is 0.0923. The van der Waals surface area contributed by atoms with Gasteiger partial charge in [-0.3, -0.25) is 9.48 Å². The molecular formula is C11H19N3O. The maximum absolute atomic E-state index is 11.9. The molecule has 1 heterocycles. The van der Waals surface area contributed by atoms with Crippen LogP contribution in [0.1, 0.15) is 37.0 Å². The first-order valence-corrected chi connectivity index (χ1v) is 5.45. The Morgan fingerprint density at radius 1 is 1.67 bits per heavy atom. The molecule has 0 radical (unpaired) electrons. The van der Waals surface area contributed by atoms with Gasteiger partial charge in [-0.15, -0.1) is 0 Å². The average Bonchev–Trinajstić information content (AvgIpc) is 2.73. The summed E-state index contributed by atoms with van der Waals surface area (Å²) >= 11 is 0. The number of nitrogens with two attached hydrogens (primary N) is 1. The number of ketones is 1. The van der Waals surface area contributed by atoms with Crippen LogP contribution in [0.2, 0.25) is 0 Å². The second kappa shape index (κ2) is 5.66. The Morgan fingerprint density at radius 3 is 2.93 bits per heavy atom. The molecule has 0 aliphatic carbocycles. The van der Waals surface area contributed by atoms with Crippen LogP contribution in [0.4, 0.5) is 0 Å². The summed E-state index contributed by atoms with van der Waals surface area (Å²) in [6.07, 6.45) is 5.20. The zero-order chi connectivity index (χ0) is 11.3. The average molecular weight is 209 g/mol. The third-order valence-corrected chi connectivity index (χ3v) is 2.53. The highest BCUT2D eigenvalue weighted by atomic mass is 16.1. The first kappa shape index (κ1) is 11.9. The monoisotopic (exact) mass is 209 g/mol. The van der Waals surface area contributed by atoms with Crippen molar-refractivity contribution in [1.82, 2.24) is 9.78 Å². The van der Waals surface area contributed by atoms with Crippen molar-refractivity contribution in [3.05, 3.63) is 18.0 Å². The zero-order valence-corrected chi connectivity index (χ0v) is 9.44. The van der Waals surface area contributed by atoms with Gasteiger partial charge in [0.05, 0.1) is 11.8 Å². The van der Waals surface area contributed by atoms with E-state index in [9.17, 15) is 4.79 Å². The number of nitrogens with zero attached hydrogens (tertiary/aromatic N) is 2. The van der Waals surface area contributed by atoms with E-state index in [2.05, 4.69) is 5.10 Å². The van der Waals surface area contributed by atoms with Gasteiger partial charge in [0, 0.05) is 18.7 Å². The van der Waals surface area contributed by atoms with Gasteiger partial charge in [0.1, 0.15) is 0 Å². The van der Waals surface area contributed by atoms with Crippen molar-refractivity contribution in [3.8, 4) is 0 Å². The molecule has 1 atom stereocenters. The number of Topliss-reactive ketones (excluding diaryl/α,β-unsaturated/α-hetero) is 1. The number of carbonyl (C=O) groups is 1. The van der Waals surface area contributed by atoms with Crippen LogP contribution in [-0.4, -0.2) is 22.1 Å². The van der Waals surface area contributed by atoms with E-state index in [-0.39, 0.29) is 11.7 Å². The number of hydrogen-bond acceptors (Lipinski definition) is 3. The molecule has 84 valence electrons. The third kappa shape index (κ3) is 3.16. The second-order valence-electron chi connectivity index (χ2n) is 3.78. The first-order chi connectivity index (χ1) is 7.19. The van der Waals surface area contributed by atoms with E-state index in [0.717, 1.165) is 19.4 Å². The number of hydrogen-bond donors (Lipinski definition) is 1. The van der Waals surface area contributed by atoms with Gasteiger partial charge >= 0.3 is 0 Å². The topological polar surface area (TPSA) is 60.9 Å². The molecule has 0 saturated carbocycles. The standard InChI is InChI=1S/C11H19N3O/c1-3-14-8-10(7-13-14)11(15)9(2)5-4-6-12/h7-9H,3-6,12H2,1-2H3. The van der Waals surface area contributed by atoms with Gasteiger partial charge in [0.25, 0.3) is 0 Å². The van der Waals surface area contributed by atoms with Crippen molar-refractivity contribution >= 4 is 5.78 Å². The van der Waals surface area contributed by atoms with Gasteiger partial charge in [-0.05, 0) is 26.3 Å². The maximum atomic E-state index is 11.9. The molecule has 0 bridgehead atoms. The quantitative estimate of drug-likeness (QED) is 0.721. The van der Waals surface area contributed by atoms with Crippen molar-refractivity contribution in [2.75, 3.05) is 6.54 Å². The molecule has 0 aliphatic heterocycles. The fraction of sp³-hybridized carbons (Fsp3) is 0.636. The summed E-state index contributed by atoms with van der Waals surface area (Å²) in [4.78, 5) is 11.9. The molecule has 0 fully saturated rings. The van der Waals surface area contributed by atoms with E-state index in [1.165, 1.54) is 0 Å². The highest BCUT2D eigenvalue weighted by Gasteiger charge is 2.15. The molecular weight excluding hydrogens is 190 g/mol. The van der Waals surface area contributed by atoms with Crippen LogP contribution < -0.4 is 5.73 Å². The van der Waals surface area contributed by atoms with E-state index in [4.69, 9.17) is 5.73 Å². The van der Waals surface area contributed by atoms with E-state index in [1.807, 2.05) is 13.8 Å². The Hall–Kier alpha value is -1.16. The minimum atomic E-state index is 0.0445. The Morgan fingerprint density at radius 2 is 2.40 bits per heavy atom. The summed E-state index contributed by atoms with van der Waals surface area (Å²) in [6.45, 7) is 5.39. The number of aromatic nitrogens is 2. The Bertz CT molecular complexity index is 319. The molecule has 1 unspecified atom stereocenters. The summed E-state index contributed by atoms with van der Waals surface area (Å²) in [5.74, 6) is 0.214. The van der Waals surface area contributed by atoms with Crippen LogP contribution in [-0.2, 0) is 6.54 Å². The van der Waals surface area contributed by atoms with Crippen molar-refractivity contribution in [3.63, 3.8) is 0 Å². The summed E-state index contributed by atoms with van der Waals surface area (Å²) in [5.41, 5.74) is 6.12. The molecule has 2 N–H and O–H groups in total. The third-order valence-electron chi connectivity index (χ3n) is 2.53. The molecule has 1 aromatic rings. The molecule has 1 rings (SSSR count). The molecule has 0 amide bonds. The lowest BCUT2D eigenvalue weighted by Crippen LogP contribution is -2.12. The van der Waals surface area contributed by atoms with E-state index in [1.54, 1.807) is 17.1 Å². The maximum Gasteiger partial charge on any atom is 0.168 e. The molecule has 1 aromatic heterocycles. The zero-order valence-electron chi connectivity index (χ0n) is 9.44. The van der Waals surface area contributed by atoms with Gasteiger partial charge in [0.2, 0.25) is 0 Å². The highest BCUT2D eigenvalue weighted by molar-refractivity contribution is 5.97. The van der Waals surface area contributed by atoms with Gasteiger partial charge in [-0.1, -0.05) is 6.92 Å². The van der Waals surface area contributed by atoms with Crippen LogP contribution in [0, 0.1) is 5.92 Å². The van der Waals surface area contributed by atoms with Gasteiger partial charge < -0.3 is 5.73 Å². The molecule has 0 aliphatic rings. The second-order valence-corrected chi connectivity index (χ2v) is 3.78. The van der Waals surface area contributed by atoms with Crippen molar-refractivity contribution in [2.45, 2.75) is 33.2 Å². The highest BCUT2D eigenvalue weighted by Crippen LogP contribution is 2.12. The van der Waals surface area contributed by atoms with Gasteiger partial charge in [0.15, 0.2) is 5.78 Å². The van der Waals surface area contributed by atoms with Gasteiger partial charge in [-0.2, -0.15) is 5.10 Å². The summed E-state index contributed by atoms with van der Waals surface area (Å²) in [7, 11) is 0. The number of rotatable bonds is 6. The SMILES string of the molecule is CCn1cc(C(=O)C(C)CCCN)cn1. The van der Waals surface area contributed by atoms with Gasteiger partial charge in [-0.25, -0.2) is 0 Å². The van der Waals surface area contributed by atoms with Crippen molar-refractivity contribution < 1.29 is 4.79 Å². The molecule has 4 heteroatoms. The largest absolute Gasteiger partial charge is 0.330 e. The minimum absolute atomic E-state index is 0.0445. The predicted octanol–water partition coefficient (Wildman–Crippen LogP) is 1.46. The van der Waals surface area contributed by atoms with E-state index in [0.29, 0.717) is 12.1 Å². The fourth-order valence-corrected chi connectivity index (χ4v) is 1.50. The summed E-state index contributed by atoms with van der Waals surface area (Å²) in [5, 5.41) is 4.09. The fourth-order valence-electron chi connectivity index (χ4n) is 1.50. The smallest absolute Gasteiger partial charge is 0.168 e. The number of aryl methyl sites for hydroxylation is 1. The Labute approximate surface area is 90.5 Å². The predicted molar refractivity (Wildman–Crippen MR) is 59.7 cm³/mol. The molecule has 0 spiro atoms. The van der Waals surface area contributed by atoms with Crippen LogP contribution in [0.5, 0.6) is 0 Å². The number of carbonyl (C=O) groups excluding carboxylic acids is 1. The van der Waals surface area contributed by atoms with E-state index >= 15 is 0 Å². The van der Waals surface area contributed by atoms with Crippen LogP contribution in [0.15, 0.2) is 12.4 Å². The minimum Gasteiger partial charge on any atom is -0.330 e. The van der Waals surface area contributed by atoms with Crippen molar-refractivity contribution in [2.24, 2.45) is 11.7 Å². The van der Waals surface area contributed by atoms with Crippen LogP contribution in [0.25, 0.3) is 0 Å². The summed E-state index contributed by atoms with van der Waals surface area (Å²) < 4.78 is 1.77. The molecule has 0 saturated heterocycles. The molecule has 15 heavy (non-hydrogen) atoms. The first-order valence-electron chi connectivity index (χ1n) is 5.45. The van der Waals surface area contributed by atoms with Crippen molar-refractivity contribution in [1.29, 1.82) is 0 Å². The Kier molecular flexibility index (Phi) is 4.49.